The van der Waals surface area contributed by atoms with Crippen molar-refractivity contribution < 1.29 is 13.9 Å². The van der Waals surface area contributed by atoms with Gasteiger partial charge in [-0.3, -0.25) is 0 Å². The summed E-state index contributed by atoms with van der Waals surface area (Å²) in [5.41, 5.74) is 6.19. The molecule has 0 amide bonds. The number of benzene rings is 1. The van der Waals surface area contributed by atoms with E-state index in [-0.39, 0.29) is 17.7 Å². The minimum Gasteiger partial charge on any atom is -0.388 e. The SMILES string of the molecule is Cc1c(F)cc(F)c(C)c1C(O)CCN. The summed E-state index contributed by atoms with van der Waals surface area (Å²) in [6.07, 6.45) is -0.606. The number of nitrogens with two attached hydrogens (primary N) is 1. The van der Waals surface area contributed by atoms with Crippen LogP contribution in [0.15, 0.2) is 6.07 Å². The Bertz CT molecular complexity index is 340. The van der Waals surface area contributed by atoms with Crippen LogP contribution in [0.5, 0.6) is 0 Å². The highest BCUT2D eigenvalue weighted by atomic mass is 19.1. The molecular formula is C11H15F2NO. The summed E-state index contributed by atoms with van der Waals surface area (Å²) in [4.78, 5) is 0. The van der Waals surface area contributed by atoms with E-state index in [1.165, 1.54) is 13.8 Å². The topological polar surface area (TPSA) is 46.2 Å². The van der Waals surface area contributed by atoms with Gasteiger partial charge in [-0.1, -0.05) is 0 Å². The molecule has 84 valence electrons. The lowest BCUT2D eigenvalue weighted by Crippen LogP contribution is -2.11. The smallest absolute Gasteiger partial charge is 0.129 e. The van der Waals surface area contributed by atoms with Crippen LogP contribution in [0.3, 0.4) is 0 Å². The fraction of sp³-hybridized carbons (Fsp3) is 0.455. The molecule has 0 spiro atoms. The summed E-state index contributed by atoms with van der Waals surface area (Å²) in [6, 6.07) is 0.837. The predicted octanol–water partition coefficient (Wildman–Crippen LogP) is 1.96. The molecule has 0 radical (unpaired) electrons. The molecule has 1 rings (SSSR count). The number of hydrogen-bond acceptors (Lipinski definition) is 2. The summed E-state index contributed by atoms with van der Waals surface area (Å²) in [7, 11) is 0. The molecule has 4 heteroatoms. The first-order chi connectivity index (χ1) is 6.99. The molecule has 0 saturated carbocycles. The standard InChI is InChI=1S/C11H15F2NO/c1-6-8(12)5-9(13)7(2)11(6)10(15)3-4-14/h5,10,15H,3-4,14H2,1-2H3. The van der Waals surface area contributed by atoms with Crippen LogP contribution in [-0.4, -0.2) is 11.7 Å². The van der Waals surface area contributed by atoms with Gasteiger partial charge in [-0.15, -0.1) is 0 Å². The zero-order valence-electron chi connectivity index (χ0n) is 8.85. The van der Waals surface area contributed by atoms with Gasteiger partial charge in [0.25, 0.3) is 0 Å². The Morgan fingerprint density at radius 3 is 2.13 bits per heavy atom. The first kappa shape index (κ1) is 12.1. The summed E-state index contributed by atoms with van der Waals surface area (Å²) in [5, 5.41) is 9.72. The Hall–Kier alpha value is -1.00. The Labute approximate surface area is 87.7 Å². The molecular weight excluding hydrogens is 200 g/mol. The van der Waals surface area contributed by atoms with Crippen LogP contribution in [0.1, 0.15) is 29.2 Å². The van der Waals surface area contributed by atoms with E-state index in [2.05, 4.69) is 0 Å². The van der Waals surface area contributed by atoms with Crippen molar-refractivity contribution in [3.05, 3.63) is 34.4 Å². The van der Waals surface area contributed by atoms with Gasteiger partial charge in [0.05, 0.1) is 6.10 Å². The molecule has 0 bridgehead atoms. The lowest BCUT2D eigenvalue weighted by molar-refractivity contribution is 0.167. The minimum atomic E-state index is -0.903. The normalized spacial score (nSPS) is 12.9. The zero-order chi connectivity index (χ0) is 11.6. The summed E-state index contributed by atoms with van der Waals surface area (Å²) in [6.45, 7) is 3.33. The molecule has 0 saturated heterocycles. The third-order valence-corrected chi connectivity index (χ3v) is 2.55. The fourth-order valence-corrected chi connectivity index (χ4v) is 1.67. The quantitative estimate of drug-likeness (QED) is 0.809. The molecule has 0 aliphatic heterocycles. The number of rotatable bonds is 3. The molecule has 0 fully saturated rings. The van der Waals surface area contributed by atoms with Crippen LogP contribution >= 0.6 is 0 Å². The van der Waals surface area contributed by atoms with Crippen molar-refractivity contribution in [1.82, 2.24) is 0 Å². The molecule has 0 aliphatic carbocycles. The monoisotopic (exact) mass is 215 g/mol. The molecule has 3 N–H and O–H groups in total. The first-order valence-corrected chi connectivity index (χ1v) is 4.82. The molecule has 0 aliphatic rings. The number of hydrogen-bond donors (Lipinski definition) is 2. The Kier molecular flexibility index (Phi) is 3.77. The van der Waals surface area contributed by atoms with Gasteiger partial charge >= 0.3 is 0 Å². The number of halogens is 2. The largest absolute Gasteiger partial charge is 0.388 e. The first-order valence-electron chi connectivity index (χ1n) is 4.82. The van der Waals surface area contributed by atoms with Gasteiger partial charge in [-0.05, 0) is 43.5 Å². The Balaban J connectivity index is 3.26. The average molecular weight is 215 g/mol. The van der Waals surface area contributed by atoms with Crippen molar-refractivity contribution >= 4 is 0 Å². The van der Waals surface area contributed by atoms with Crippen molar-refractivity contribution in [2.24, 2.45) is 5.73 Å². The number of aliphatic hydroxyl groups excluding tert-OH is 1. The number of aliphatic hydroxyl groups is 1. The summed E-state index contributed by atoms with van der Waals surface area (Å²) >= 11 is 0. The second-order valence-corrected chi connectivity index (χ2v) is 3.60. The van der Waals surface area contributed by atoms with Gasteiger partial charge in [-0.25, -0.2) is 8.78 Å². The van der Waals surface area contributed by atoms with E-state index in [9.17, 15) is 13.9 Å². The van der Waals surface area contributed by atoms with Crippen LogP contribution in [0.2, 0.25) is 0 Å². The van der Waals surface area contributed by atoms with Gasteiger partial charge in [0, 0.05) is 6.07 Å². The molecule has 1 aromatic carbocycles. The molecule has 0 aromatic heterocycles. The van der Waals surface area contributed by atoms with Crippen LogP contribution in [0.4, 0.5) is 8.78 Å². The van der Waals surface area contributed by atoms with E-state index in [1.807, 2.05) is 0 Å². The minimum absolute atomic E-state index is 0.276. The van der Waals surface area contributed by atoms with E-state index in [1.54, 1.807) is 0 Å². The molecule has 1 aromatic rings. The predicted molar refractivity (Wildman–Crippen MR) is 54.5 cm³/mol. The maximum absolute atomic E-state index is 13.2. The lowest BCUT2D eigenvalue weighted by Gasteiger charge is -2.16. The third-order valence-electron chi connectivity index (χ3n) is 2.55. The van der Waals surface area contributed by atoms with Crippen molar-refractivity contribution in [2.75, 3.05) is 6.54 Å². The van der Waals surface area contributed by atoms with E-state index in [0.29, 0.717) is 12.0 Å². The Morgan fingerprint density at radius 1 is 1.27 bits per heavy atom. The van der Waals surface area contributed by atoms with E-state index >= 15 is 0 Å². The van der Waals surface area contributed by atoms with Crippen molar-refractivity contribution in [1.29, 1.82) is 0 Å². The molecule has 15 heavy (non-hydrogen) atoms. The van der Waals surface area contributed by atoms with Crippen LogP contribution < -0.4 is 5.73 Å². The van der Waals surface area contributed by atoms with Gasteiger partial charge in [0.2, 0.25) is 0 Å². The molecule has 0 heterocycles. The molecule has 1 unspecified atom stereocenters. The average Bonchev–Trinajstić information content (AvgIpc) is 2.16. The fourth-order valence-electron chi connectivity index (χ4n) is 1.67. The summed E-state index contributed by atoms with van der Waals surface area (Å²) < 4.78 is 26.5. The van der Waals surface area contributed by atoms with E-state index < -0.39 is 17.7 Å². The van der Waals surface area contributed by atoms with Crippen molar-refractivity contribution in [2.45, 2.75) is 26.4 Å². The van der Waals surface area contributed by atoms with E-state index in [4.69, 9.17) is 5.73 Å². The second-order valence-electron chi connectivity index (χ2n) is 3.60. The van der Waals surface area contributed by atoms with Gasteiger partial charge in [-0.2, -0.15) is 0 Å². The Morgan fingerprint density at radius 2 is 1.73 bits per heavy atom. The van der Waals surface area contributed by atoms with Crippen molar-refractivity contribution in [3.63, 3.8) is 0 Å². The molecule has 2 nitrogen and oxygen atoms in total. The highest BCUT2D eigenvalue weighted by Crippen LogP contribution is 2.27. The zero-order valence-corrected chi connectivity index (χ0v) is 8.85. The van der Waals surface area contributed by atoms with Crippen LogP contribution in [-0.2, 0) is 0 Å². The lowest BCUT2D eigenvalue weighted by atomic mass is 9.95. The maximum Gasteiger partial charge on any atom is 0.129 e. The summed E-state index contributed by atoms with van der Waals surface area (Å²) in [5.74, 6) is -1.27. The highest BCUT2D eigenvalue weighted by Gasteiger charge is 2.18. The van der Waals surface area contributed by atoms with Gasteiger partial charge in [0.1, 0.15) is 11.6 Å². The highest BCUT2D eigenvalue weighted by molar-refractivity contribution is 5.37. The van der Waals surface area contributed by atoms with Crippen LogP contribution in [0, 0.1) is 25.5 Å². The second kappa shape index (κ2) is 4.68. The van der Waals surface area contributed by atoms with Crippen LogP contribution in [0.25, 0.3) is 0 Å². The van der Waals surface area contributed by atoms with Gasteiger partial charge in [0.15, 0.2) is 0 Å². The van der Waals surface area contributed by atoms with Crippen molar-refractivity contribution in [3.8, 4) is 0 Å². The third kappa shape index (κ3) is 2.33. The maximum atomic E-state index is 13.2. The van der Waals surface area contributed by atoms with Gasteiger partial charge < -0.3 is 10.8 Å². The van der Waals surface area contributed by atoms with E-state index in [0.717, 1.165) is 6.07 Å². The molecule has 1 atom stereocenters.